The Labute approximate surface area is 112 Å². The van der Waals surface area contributed by atoms with E-state index in [4.69, 9.17) is 0 Å². The SMILES string of the molecule is Brc1cccc(C23CC4CC(CC(C4)C2)C3)c1. The largest absolute Gasteiger partial charge is 0.0609 e. The Bertz CT molecular complexity index is 413. The van der Waals surface area contributed by atoms with Gasteiger partial charge in [0.15, 0.2) is 0 Å². The van der Waals surface area contributed by atoms with Gasteiger partial charge in [0.25, 0.3) is 0 Å². The topological polar surface area (TPSA) is 0 Å². The van der Waals surface area contributed by atoms with Crippen molar-refractivity contribution in [2.75, 3.05) is 0 Å². The minimum atomic E-state index is 0.554. The van der Waals surface area contributed by atoms with Gasteiger partial charge in [0.05, 0.1) is 0 Å². The van der Waals surface area contributed by atoms with Crippen LogP contribution in [0.1, 0.15) is 44.1 Å². The van der Waals surface area contributed by atoms with Gasteiger partial charge in [-0.1, -0.05) is 28.1 Å². The fraction of sp³-hybridized carbons (Fsp3) is 0.625. The molecule has 0 heterocycles. The minimum Gasteiger partial charge on any atom is -0.0609 e. The Hall–Kier alpha value is -0.300. The second kappa shape index (κ2) is 3.60. The minimum absolute atomic E-state index is 0.554. The Morgan fingerprint density at radius 1 is 0.941 bits per heavy atom. The monoisotopic (exact) mass is 290 g/mol. The maximum atomic E-state index is 3.64. The summed E-state index contributed by atoms with van der Waals surface area (Å²) in [5.41, 5.74) is 2.17. The Morgan fingerprint density at radius 2 is 1.53 bits per heavy atom. The summed E-state index contributed by atoms with van der Waals surface area (Å²) < 4.78 is 1.26. The van der Waals surface area contributed by atoms with Crippen LogP contribution >= 0.6 is 15.9 Å². The lowest BCUT2D eigenvalue weighted by atomic mass is 9.48. The summed E-state index contributed by atoms with van der Waals surface area (Å²) in [6.45, 7) is 0. The zero-order chi connectivity index (χ0) is 11.5. The second-order valence-corrected chi connectivity index (χ2v) is 7.62. The molecule has 0 unspecified atom stereocenters. The first-order valence-electron chi connectivity index (χ1n) is 7.00. The number of benzene rings is 1. The smallest absolute Gasteiger partial charge is 0.0178 e. The highest BCUT2D eigenvalue weighted by Gasteiger charge is 2.51. The van der Waals surface area contributed by atoms with Crippen molar-refractivity contribution in [3.8, 4) is 0 Å². The van der Waals surface area contributed by atoms with E-state index in [-0.39, 0.29) is 0 Å². The van der Waals surface area contributed by atoms with E-state index in [1.807, 2.05) is 0 Å². The van der Waals surface area contributed by atoms with Gasteiger partial charge >= 0.3 is 0 Å². The lowest BCUT2D eigenvalue weighted by Crippen LogP contribution is -2.48. The van der Waals surface area contributed by atoms with Gasteiger partial charge in [-0.25, -0.2) is 0 Å². The maximum Gasteiger partial charge on any atom is 0.0178 e. The molecule has 0 radical (unpaired) electrons. The van der Waals surface area contributed by atoms with Crippen LogP contribution < -0.4 is 0 Å². The summed E-state index contributed by atoms with van der Waals surface area (Å²) in [6.07, 6.45) is 9.01. The average molecular weight is 291 g/mol. The molecule has 4 aliphatic carbocycles. The van der Waals surface area contributed by atoms with Crippen LogP contribution in [0.15, 0.2) is 28.7 Å². The zero-order valence-electron chi connectivity index (χ0n) is 10.2. The van der Waals surface area contributed by atoms with Crippen molar-refractivity contribution in [3.63, 3.8) is 0 Å². The van der Waals surface area contributed by atoms with Crippen molar-refractivity contribution in [3.05, 3.63) is 34.3 Å². The summed E-state index contributed by atoms with van der Waals surface area (Å²) in [7, 11) is 0. The number of rotatable bonds is 1. The van der Waals surface area contributed by atoms with E-state index in [1.54, 1.807) is 5.56 Å². The fourth-order valence-corrected chi connectivity index (χ4v) is 5.68. The van der Waals surface area contributed by atoms with E-state index in [0.29, 0.717) is 5.41 Å². The normalized spacial score (nSPS) is 43.0. The lowest BCUT2D eigenvalue weighted by Gasteiger charge is -2.57. The van der Waals surface area contributed by atoms with Gasteiger partial charge in [0.1, 0.15) is 0 Å². The second-order valence-electron chi connectivity index (χ2n) is 6.71. The Balaban J connectivity index is 1.77. The summed E-state index contributed by atoms with van der Waals surface area (Å²) >= 11 is 3.64. The molecule has 0 aromatic heterocycles. The van der Waals surface area contributed by atoms with Gasteiger partial charge in [-0.05, 0) is 79.4 Å². The third kappa shape index (κ3) is 1.62. The average Bonchev–Trinajstić information content (AvgIpc) is 2.27. The Morgan fingerprint density at radius 3 is 2.06 bits per heavy atom. The summed E-state index contributed by atoms with van der Waals surface area (Å²) in [6, 6.07) is 9.13. The molecule has 1 heteroatoms. The first kappa shape index (κ1) is 10.6. The molecule has 4 aliphatic rings. The standard InChI is InChI=1S/C16H19Br/c17-15-3-1-2-14(7-15)16-8-11-4-12(9-16)6-13(5-11)10-16/h1-3,7,11-13H,4-6,8-10H2. The molecule has 0 aliphatic heterocycles. The van der Waals surface area contributed by atoms with E-state index in [0.717, 1.165) is 17.8 Å². The summed E-state index contributed by atoms with van der Waals surface area (Å²) in [4.78, 5) is 0. The molecule has 1 aromatic carbocycles. The van der Waals surface area contributed by atoms with Crippen LogP contribution in [0.3, 0.4) is 0 Å². The highest BCUT2D eigenvalue weighted by atomic mass is 79.9. The summed E-state index contributed by atoms with van der Waals surface area (Å²) in [5.74, 6) is 3.13. The van der Waals surface area contributed by atoms with Gasteiger partial charge < -0.3 is 0 Å². The molecule has 90 valence electrons. The van der Waals surface area contributed by atoms with Crippen LogP contribution in [-0.2, 0) is 5.41 Å². The van der Waals surface area contributed by atoms with Crippen molar-refractivity contribution >= 4 is 15.9 Å². The first-order valence-corrected chi connectivity index (χ1v) is 7.79. The third-order valence-corrected chi connectivity index (χ3v) is 5.97. The molecule has 5 rings (SSSR count). The Kier molecular flexibility index (Phi) is 2.25. The molecule has 1 aromatic rings. The molecular formula is C16H19Br. The van der Waals surface area contributed by atoms with Crippen LogP contribution in [-0.4, -0.2) is 0 Å². The van der Waals surface area contributed by atoms with Crippen molar-refractivity contribution in [1.82, 2.24) is 0 Å². The van der Waals surface area contributed by atoms with Gasteiger partial charge in [0, 0.05) is 4.47 Å². The molecule has 0 amide bonds. The van der Waals surface area contributed by atoms with Crippen LogP contribution in [0, 0.1) is 17.8 Å². The molecular weight excluding hydrogens is 272 g/mol. The van der Waals surface area contributed by atoms with E-state index < -0.39 is 0 Å². The molecule has 4 fully saturated rings. The quantitative estimate of drug-likeness (QED) is 0.689. The zero-order valence-corrected chi connectivity index (χ0v) is 11.7. The van der Waals surface area contributed by atoms with Crippen LogP contribution in [0.4, 0.5) is 0 Å². The van der Waals surface area contributed by atoms with Crippen molar-refractivity contribution in [1.29, 1.82) is 0 Å². The van der Waals surface area contributed by atoms with Gasteiger partial charge in [0.2, 0.25) is 0 Å². The molecule has 0 nitrogen and oxygen atoms in total. The van der Waals surface area contributed by atoms with Gasteiger partial charge in [-0.2, -0.15) is 0 Å². The highest BCUT2D eigenvalue weighted by Crippen LogP contribution is 2.60. The number of halogens is 1. The van der Waals surface area contributed by atoms with E-state index in [9.17, 15) is 0 Å². The van der Waals surface area contributed by atoms with Crippen molar-refractivity contribution in [2.45, 2.75) is 43.9 Å². The highest BCUT2D eigenvalue weighted by molar-refractivity contribution is 9.10. The van der Waals surface area contributed by atoms with E-state index in [2.05, 4.69) is 40.2 Å². The first-order chi connectivity index (χ1) is 8.23. The number of hydrogen-bond acceptors (Lipinski definition) is 0. The molecule has 0 spiro atoms. The predicted molar refractivity (Wildman–Crippen MR) is 74.0 cm³/mol. The van der Waals surface area contributed by atoms with Crippen molar-refractivity contribution in [2.24, 2.45) is 17.8 Å². The van der Waals surface area contributed by atoms with E-state index >= 15 is 0 Å². The van der Waals surface area contributed by atoms with Crippen LogP contribution in [0.5, 0.6) is 0 Å². The molecule has 17 heavy (non-hydrogen) atoms. The molecule has 0 atom stereocenters. The third-order valence-electron chi connectivity index (χ3n) is 5.48. The van der Waals surface area contributed by atoms with Crippen LogP contribution in [0.2, 0.25) is 0 Å². The molecule has 0 saturated heterocycles. The van der Waals surface area contributed by atoms with Gasteiger partial charge in [-0.15, -0.1) is 0 Å². The maximum absolute atomic E-state index is 3.64. The molecule has 4 saturated carbocycles. The van der Waals surface area contributed by atoms with E-state index in [1.165, 1.54) is 43.0 Å². The predicted octanol–water partition coefficient (Wildman–Crippen LogP) is 4.92. The van der Waals surface area contributed by atoms with Gasteiger partial charge in [-0.3, -0.25) is 0 Å². The summed E-state index contributed by atoms with van der Waals surface area (Å²) in [5, 5.41) is 0. The number of hydrogen-bond donors (Lipinski definition) is 0. The molecule has 4 bridgehead atoms. The van der Waals surface area contributed by atoms with Crippen molar-refractivity contribution < 1.29 is 0 Å². The fourth-order valence-electron chi connectivity index (χ4n) is 5.28. The van der Waals surface area contributed by atoms with Crippen LogP contribution in [0.25, 0.3) is 0 Å². The lowest BCUT2D eigenvalue weighted by molar-refractivity contribution is -0.00521. The molecule has 0 N–H and O–H groups in total.